The zero-order valence-electron chi connectivity index (χ0n) is 9.18. The van der Waals surface area contributed by atoms with E-state index >= 15 is 0 Å². The maximum atomic E-state index is 12.2. The molecule has 0 fully saturated rings. The van der Waals surface area contributed by atoms with Crippen molar-refractivity contribution in [1.29, 1.82) is 0 Å². The Morgan fingerprint density at radius 1 is 1.27 bits per heavy atom. The van der Waals surface area contributed by atoms with Crippen molar-refractivity contribution in [2.45, 2.75) is 50.5 Å². The molecule has 0 saturated heterocycles. The monoisotopic (exact) mass is 282 g/mol. The van der Waals surface area contributed by atoms with Gasteiger partial charge in [0, 0.05) is 0 Å². The van der Waals surface area contributed by atoms with E-state index in [1.807, 2.05) is 20.8 Å². The van der Waals surface area contributed by atoms with E-state index in [1.165, 1.54) is 0 Å². The normalized spacial score (nSPS) is 13.4. The van der Waals surface area contributed by atoms with Gasteiger partial charge in [-0.25, -0.2) is 0 Å². The lowest BCUT2D eigenvalue weighted by molar-refractivity contribution is -0.162. The van der Waals surface area contributed by atoms with Crippen LogP contribution >= 0.6 is 15.9 Å². The fourth-order valence-electron chi connectivity index (χ4n) is 1.32. The van der Waals surface area contributed by atoms with Crippen molar-refractivity contribution in [3.8, 4) is 0 Å². The number of halogens is 2. The SMILES string of the molecule is CCC(CC)(CC)OC(=O)C(Br)C(=O)F. The summed E-state index contributed by atoms with van der Waals surface area (Å²) in [5.41, 5.74) is -0.585. The first-order valence-electron chi connectivity index (χ1n) is 4.98. The summed E-state index contributed by atoms with van der Waals surface area (Å²) in [7, 11) is 0. The van der Waals surface area contributed by atoms with Crippen molar-refractivity contribution < 1.29 is 18.7 Å². The summed E-state index contributed by atoms with van der Waals surface area (Å²) >= 11 is 2.65. The lowest BCUT2D eigenvalue weighted by atomic mass is 9.94. The number of carbonyl (C=O) groups excluding carboxylic acids is 2. The zero-order valence-corrected chi connectivity index (χ0v) is 10.8. The molecule has 15 heavy (non-hydrogen) atoms. The molecule has 0 aromatic rings. The fourth-order valence-corrected chi connectivity index (χ4v) is 1.42. The lowest BCUT2D eigenvalue weighted by Gasteiger charge is -2.30. The predicted octanol–water partition coefficient (Wildman–Crippen LogP) is 2.76. The Hall–Kier alpha value is -0.450. The van der Waals surface area contributed by atoms with E-state index in [-0.39, 0.29) is 0 Å². The van der Waals surface area contributed by atoms with E-state index in [9.17, 15) is 14.0 Å². The zero-order chi connectivity index (χ0) is 12.1. The number of hydrogen-bond donors (Lipinski definition) is 0. The third-order valence-electron chi connectivity index (χ3n) is 2.66. The van der Waals surface area contributed by atoms with Crippen molar-refractivity contribution in [3.63, 3.8) is 0 Å². The van der Waals surface area contributed by atoms with Gasteiger partial charge >= 0.3 is 12.0 Å². The van der Waals surface area contributed by atoms with Crippen molar-refractivity contribution in [2.24, 2.45) is 0 Å². The summed E-state index contributed by atoms with van der Waals surface area (Å²) in [5.74, 6) is -0.854. The molecule has 0 aromatic carbocycles. The van der Waals surface area contributed by atoms with Crippen LogP contribution in [-0.4, -0.2) is 22.4 Å². The minimum atomic E-state index is -1.72. The van der Waals surface area contributed by atoms with E-state index in [1.54, 1.807) is 0 Å². The van der Waals surface area contributed by atoms with Crippen LogP contribution in [0.4, 0.5) is 4.39 Å². The molecule has 0 aliphatic rings. The molecule has 3 nitrogen and oxygen atoms in total. The molecule has 0 radical (unpaired) electrons. The van der Waals surface area contributed by atoms with Gasteiger partial charge in [-0.05, 0) is 19.3 Å². The molecule has 0 rings (SSSR count). The second kappa shape index (κ2) is 6.20. The molecular weight excluding hydrogens is 267 g/mol. The van der Waals surface area contributed by atoms with Gasteiger partial charge in [0.1, 0.15) is 5.60 Å². The molecule has 1 unspecified atom stereocenters. The van der Waals surface area contributed by atoms with Gasteiger partial charge in [-0.3, -0.25) is 9.59 Å². The maximum absolute atomic E-state index is 12.2. The van der Waals surface area contributed by atoms with Gasteiger partial charge in [0.15, 0.2) is 0 Å². The van der Waals surface area contributed by atoms with Crippen LogP contribution in [0.1, 0.15) is 40.0 Å². The van der Waals surface area contributed by atoms with Crippen LogP contribution in [0, 0.1) is 0 Å². The molecule has 0 bridgehead atoms. The van der Waals surface area contributed by atoms with Gasteiger partial charge in [-0.15, -0.1) is 0 Å². The molecule has 0 N–H and O–H groups in total. The molecule has 0 aliphatic carbocycles. The van der Waals surface area contributed by atoms with Crippen LogP contribution in [0.2, 0.25) is 0 Å². The summed E-state index contributed by atoms with van der Waals surface area (Å²) in [6, 6.07) is -1.72. The number of alkyl halides is 1. The van der Waals surface area contributed by atoms with Crippen LogP contribution in [0.15, 0.2) is 0 Å². The third kappa shape index (κ3) is 3.89. The number of hydrogen-bond acceptors (Lipinski definition) is 3. The Labute approximate surface area is 97.5 Å². The molecule has 0 aliphatic heterocycles. The number of ether oxygens (including phenoxy) is 1. The van der Waals surface area contributed by atoms with Gasteiger partial charge in [0.2, 0.25) is 4.83 Å². The molecule has 0 amide bonds. The molecule has 5 heteroatoms. The third-order valence-corrected chi connectivity index (χ3v) is 3.39. The van der Waals surface area contributed by atoms with E-state index < -0.39 is 22.4 Å². The molecule has 0 spiro atoms. The summed E-state index contributed by atoms with van der Waals surface area (Å²) in [6.07, 6.45) is 1.93. The summed E-state index contributed by atoms with van der Waals surface area (Å²) < 4.78 is 17.4. The highest BCUT2D eigenvalue weighted by atomic mass is 79.9. The molecule has 0 saturated carbocycles. The van der Waals surface area contributed by atoms with Crippen molar-refractivity contribution >= 4 is 27.9 Å². The first-order valence-corrected chi connectivity index (χ1v) is 5.90. The van der Waals surface area contributed by atoms with E-state index in [0.29, 0.717) is 19.3 Å². The van der Waals surface area contributed by atoms with Crippen LogP contribution in [0.25, 0.3) is 0 Å². The van der Waals surface area contributed by atoms with Crippen molar-refractivity contribution in [3.05, 3.63) is 0 Å². The molecule has 88 valence electrons. The van der Waals surface area contributed by atoms with E-state index in [2.05, 4.69) is 15.9 Å². The Balaban J connectivity index is 4.55. The average molecular weight is 283 g/mol. The van der Waals surface area contributed by atoms with Gasteiger partial charge < -0.3 is 4.74 Å². The Morgan fingerprint density at radius 3 is 1.93 bits per heavy atom. The lowest BCUT2D eigenvalue weighted by Crippen LogP contribution is -2.37. The smallest absolute Gasteiger partial charge is 0.330 e. The van der Waals surface area contributed by atoms with Gasteiger partial charge in [-0.1, -0.05) is 36.7 Å². The maximum Gasteiger partial charge on any atom is 0.330 e. The molecule has 0 heterocycles. The number of rotatable bonds is 6. The van der Waals surface area contributed by atoms with E-state index in [4.69, 9.17) is 4.74 Å². The van der Waals surface area contributed by atoms with Crippen LogP contribution < -0.4 is 0 Å². The quantitative estimate of drug-likeness (QED) is 0.326. The highest BCUT2D eigenvalue weighted by molar-refractivity contribution is 9.10. The number of carbonyl (C=O) groups is 2. The predicted molar refractivity (Wildman–Crippen MR) is 58.5 cm³/mol. The first kappa shape index (κ1) is 14.6. The second-order valence-corrected chi connectivity index (χ2v) is 4.25. The summed E-state index contributed by atoms with van der Waals surface area (Å²) in [5, 5.41) is 0. The largest absolute Gasteiger partial charge is 0.458 e. The fraction of sp³-hybridized carbons (Fsp3) is 0.800. The topological polar surface area (TPSA) is 43.4 Å². The van der Waals surface area contributed by atoms with Crippen LogP contribution in [0.3, 0.4) is 0 Å². The van der Waals surface area contributed by atoms with Gasteiger partial charge in [0.05, 0.1) is 0 Å². The summed E-state index contributed by atoms with van der Waals surface area (Å²) in [6.45, 7) is 5.67. The van der Waals surface area contributed by atoms with Crippen molar-refractivity contribution in [1.82, 2.24) is 0 Å². The summed E-state index contributed by atoms with van der Waals surface area (Å²) in [4.78, 5) is 20.2. The first-order chi connectivity index (χ1) is 6.92. The minimum Gasteiger partial charge on any atom is -0.458 e. The molecular formula is C10H16BrFO3. The molecule has 1 atom stereocenters. The Morgan fingerprint density at radius 2 is 1.67 bits per heavy atom. The van der Waals surface area contributed by atoms with Crippen LogP contribution in [-0.2, 0) is 14.3 Å². The highest BCUT2D eigenvalue weighted by Gasteiger charge is 2.33. The Bertz CT molecular complexity index is 231. The average Bonchev–Trinajstić information content (AvgIpc) is 2.24. The van der Waals surface area contributed by atoms with Gasteiger partial charge in [-0.2, -0.15) is 4.39 Å². The van der Waals surface area contributed by atoms with E-state index in [0.717, 1.165) is 0 Å². The van der Waals surface area contributed by atoms with Crippen molar-refractivity contribution in [2.75, 3.05) is 0 Å². The highest BCUT2D eigenvalue weighted by Crippen LogP contribution is 2.26. The minimum absolute atomic E-state index is 0.585. The Kier molecular flexibility index (Phi) is 6.02. The number of esters is 1. The van der Waals surface area contributed by atoms with Crippen LogP contribution in [0.5, 0.6) is 0 Å². The molecule has 0 aromatic heterocycles. The standard InChI is InChI=1S/C10H16BrFO3/c1-4-10(5-2,6-3)15-9(14)7(11)8(12)13/h7H,4-6H2,1-3H3. The van der Waals surface area contributed by atoms with Gasteiger partial charge in [0.25, 0.3) is 0 Å². The second-order valence-electron chi connectivity index (χ2n) is 3.33.